The predicted molar refractivity (Wildman–Crippen MR) is 79.3 cm³/mol. The van der Waals surface area contributed by atoms with Gasteiger partial charge in [0, 0.05) is 18.8 Å². The quantitative estimate of drug-likeness (QED) is 0.885. The number of rotatable bonds is 2. The van der Waals surface area contributed by atoms with E-state index in [9.17, 15) is 0 Å². The van der Waals surface area contributed by atoms with E-state index in [1.54, 1.807) is 0 Å². The molecule has 1 aliphatic heterocycles. The lowest BCUT2D eigenvalue weighted by Crippen LogP contribution is -2.40. The maximum atomic E-state index is 9.06. The molecule has 1 aromatic carbocycles. The first kappa shape index (κ1) is 13.9. The van der Waals surface area contributed by atoms with Crippen molar-refractivity contribution in [3.05, 3.63) is 29.3 Å². The molecule has 1 saturated heterocycles. The van der Waals surface area contributed by atoms with E-state index < -0.39 is 0 Å². The lowest BCUT2D eigenvalue weighted by Gasteiger charge is -2.33. The molecule has 0 radical (unpaired) electrons. The number of nitriles is 1. The highest BCUT2D eigenvalue weighted by Gasteiger charge is 2.25. The molecule has 102 valence electrons. The van der Waals surface area contributed by atoms with Crippen LogP contribution in [0.3, 0.4) is 0 Å². The number of anilines is 1. The molecule has 0 amide bonds. The van der Waals surface area contributed by atoms with Crippen molar-refractivity contribution in [3.8, 4) is 6.07 Å². The van der Waals surface area contributed by atoms with Gasteiger partial charge in [-0.3, -0.25) is 0 Å². The molecule has 2 rings (SSSR count). The van der Waals surface area contributed by atoms with Gasteiger partial charge in [-0.2, -0.15) is 5.26 Å². The summed E-state index contributed by atoms with van der Waals surface area (Å²) in [5.74, 6) is 0.601. The molecule has 2 atom stereocenters. The highest BCUT2D eigenvalue weighted by atomic mass is 15.2. The summed E-state index contributed by atoms with van der Waals surface area (Å²) < 4.78 is 0. The molecule has 2 unspecified atom stereocenters. The van der Waals surface area contributed by atoms with E-state index in [0.717, 1.165) is 19.6 Å². The highest BCUT2D eigenvalue weighted by molar-refractivity contribution is 5.57. The van der Waals surface area contributed by atoms with E-state index in [1.165, 1.54) is 16.8 Å². The highest BCUT2D eigenvalue weighted by Crippen LogP contribution is 2.27. The number of hydrogen-bond acceptors (Lipinski definition) is 3. The molecule has 1 fully saturated rings. The van der Waals surface area contributed by atoms with Crippen molar-refractivity contribution in [2.75, 3.05) is 24.5 Å². The van der Waals surface area contributed by atoms with E-state index in [-0.39, 0.29) is 6.04 Å². The molecule has 0 spiro atoms. The van der Waals surface area contributed by atoms with Crippen LogP contribution in [0.25, 0.3) is 0 Å². The average molecular weight is 257 g/mol. The van der Waals surface area contributed by atoms with E-state index >= 15 is 0 Å². The fraction of sp³-hybridized carbons (Fsp3) is 0.562. The molecule has 0 aliphatic carbocycles. The first-order valence-corrected chi connectivity index (χ1v) is 7.04. The van der Waals surface area contributed by atoms with Crippen LogP contribution < -0.4 is 10.2 Å². The van der Waals surface area contributed by atoms with Crippen molar-refractivity contribution in [2.24, 2.45) is 5.92 Å². The Morgan fingerprint density at radius 2 is 2.16 bits per heavy atom. The zero-order valence-electron chi connectivity index (χ0n) is 12.1. The van der Waals surface area contributed by atoms with Crippen molar-refractivity contribution < 1.29 is 0 Å². The lowest BCUT2D eigenvalue weighted by atomic mass is 10.0. The normalized spacial score (nSPS) is 23.8. The van der Waals surface area contributed by atoms with Gasteiger partial charge in [-0.05, 0) is 43.5 Å². The Morgan fingerprint density at radius 1 is 1.37 bits per heavy atom. The largest absolute Gasteiger partial charge is 0.366 e. The lowest BCUT2D eigenvalue weighted by molar-refractivity contribution is 0.563. The topological polar surface area (TPSA) is 39.1 Å². The molecule has 0 saturated carbocycles. The van der Waals surface area contributed by atoms with Crippen molar-refractivity contribution in [1.82, 2.24) is 5.32 Å². The van der Waals surface area contributed by atoms with Crippen LogP contribution >= 0.6 is 0 Å². The molecule has 0 bridgehead atoms. The Hall–Kier alpha value is -1.53. The maximum Gasteiger partial charge on any atom is 0.0643 e. The molecule has 0 aromatic heterocycles. The number of aryl methyl sites for hydroxylation is 1. The Morgan fingerprint density at radius 3 is 2.89 bits per heavy atom. The molecule has 1 heterocycles. The van der Waals surface area contributed by atoms with Crippen LogP contribution in [0.4, 0.5) is 5.69 Å². The van der Waals surface area contributed by atoms with Crippen LogP contribution in [-0.4, -0.2) is 25.7 Å². The van der Waals surface area contributed by atoms with Crippen LogP contribution in [0.2, 0.25) is 0 Å². The summed E-state index contributed by atoms with van der Waals surface area (Å²) in [7, 11) is 0. The number of nitrogens with zero attached hydrogens (tertiary/aromatic N) is 2. The predicted octanol–water partition coefficient (Wildman–Crippen LogP) is 2.63. The van der Waals surface area contributed by atoms with Crippen molar-refractivity contribution >= 4 is 5.69 Å². The van der Waals surface area contributed by atoms with Gasteiger partial charge in [-0.1, -0.05) is 19.1 Å². The summed E-state index contributed by atoms with van der Waals surface area (Å²) in [6.45, 7) is 9.53. The summed E-state index contributed by atoms with van der Waals surface area (Å²) in [5, 5.41) is 12.5. The zero-order chi connectivity index (χ0) is 13.8. The molecular weight excluding hydrogens is 234 g/mol. The molecular formula is C16H23N3. The SMILES string of the molecule is Cc1cccc(N2CC(C)CNCC2CC#N)c1C. The first-order chi connectivity index (χ1) is 9.13. The molecule has 3 nitrogen and oxygen atoms in total. The van der Waals surface area contributed by atoms with E-state index in [1.807, 2.05) is 0 Å². The van der Waals surface area contributed by atoms with Gasteiger partial charge in [0.25, 0.3) is 0 Å². The van der Waals surface area contributed by atoms with Crippen LogP contribution in [0.1, 0.15) is 24.5 Å². The van der Waals surface area contributed by atoms with Gasteiger partial charge in [0.1, 0.15) is 0 Å². The van der Waals surface area contributed by atoms with Crippen LogP contribution in [0.5, 0.6) is 0 Å². The Bertz CT molecular complexity index is 475. The van der Waals surface area contributed by atoms with Crippen molar-refractivity contribution in [1.29, 1.82) is 5.26 Å². The second-order valence-electron chi connectivity index (χ2n) is 5.65. The maximum absolute atomic E-state index is 9.06. The summed E-state index contributed by atoms with van der Waals surface area (Å²) in [6, 6.07) is 9.06. The van der Waals surface area contributed by atoms with Crippen LogP contribution in [-0.2, 0) is 0 Å². The second-order valence-corrected chi connectivity index (χ2v) is 5.65. The van der Waals surface area contributed by atoms with Gasteiger partial charge in [-0.25, -0.2) is 0 Å². The fourth-order valence-corrected chi connectivity index (χ4v) is 2.79. The monoisotopic (exact) mass is 257 g/mol. The minimum atomic E-state index is 0.274. The van der Waals surface area contributed by atoms with E-state index in [4.69, 9.17) is 5.26 Å². The minimum Gasteiger partial charge on any atom is -0.366 e. The fourth-order valence-electron chi connectivity index (χ4n) is 2.79. The van der Waals surface area contributed by atoms with E-state index in [2.05, 4.69) is 55.3 Å². The summed E-state index contributed by atoms with van der Waals surface area (Å²) in [6.07, 6.45) is 0.576. The van der Waals surface area contributed by atoms with Gasteiger partial charge in [0.2, 0.25) is 0 Å². The van der Waals surface area contributed by atoms with Gasteiger partial charge < -0.3 is 10.2 Å². The summed E-state index contributed by atoms with van der Waals surface area (Å²) in [4.78, 5) is 2.43. The molecule has 1 N–H and O–H groups in total. The molecule has 19 heavy (non-hydrogen) atoms. The third-order valence-corrected chi connectivity index (χ3v) is 4.03. The minimum absolute atomic E-state index is 0.274. The Balaban J connectivity index is 2.35. The number of benzene rings is 1. The van der Waals surface area contributed by atoms with Crippen molar-refractivity contribution in [2.45, 2.75) is 33.2 Å². The molecule has 3 heteroatoms. The number of nitrogens with one attached hydrogen (secondary N) is 1. The average Bonchev–Trinajstić information content (AvgIpc) is 2.56. The van der Waals surface area contributed by atoms with Crippen LogP contribution in [0, 0.1) is 31.1 Å². The van der Waals surface area contributed by atoms with Gasteiger partial charge in [-0.15, -0.1) is 0 Å². The van der Waals surface area contributed by atoms with Gasteiger partial charge in [0.15, 0.2) is 0 Å². The summed E-state index contributed by atoms with van der Waals surface area (Å²) in [5.41, 5.74) is 3.94. The van der Waals surface area contributed by atoms with Gasteiger partial charge >= 0.3 is 0 Å². The van der Waals surface area contributed by atoms with Crippen molar-refractivity contribution in [3.63, 3.8) is 0 Å². The third kappa shape index (κ3) is 3.08. The summed E-state index contributed by atoms with van der Waals surface area (Å²) >= 11 is 0. The van der Waals surface area contributed by atoms with E-state index in [0.29, 0.717) is 12.3 Å². The smallest absolute Gasteiger partial charge is 0.0643 e. The molecule has 1 aromatic rings. The Labute approximate surface area is 116 Å². The molecule has 1 aliphatic rings. The second kappa shape index (κ2) is 6.08. The van der Waals surface area contributed by atoms with Gasteiger partial charge in [0.05, 0.1) is 18.5 Å². The van der Waals surface area contributed by atoms with Crippen LogP contribution in [0.15, 0.2) is 18.2 Å². The first-order valence-electron chi connectivity index (χ1n) is 7.04. The third-order valence-electron chi connectivity index (χ3n) is 4.03. The number of hydrogen-bond donors (Lipinski definition) is 1. The standard InChI is InChI=1S/C16H23N3/c1-12-9-18-10-15(7-8-17)19(11-12)16-6-4-5-13(2)14(16)3/h4-6,12,15,18H,7,9-11H2,1-3H3. The Kier molecular flexibility index (Phi) is 4.44. The zero-order valence-corrected chi connectivity index (χ0v) is 12.1.